The fraction of sp³-hybridized carbons (Fsp3) is 0.0714. The summed E-state index contributed by atoms with van der Waals surface area (Å²) in [7, 11) is 0. The number of halogens is 3. The van der Waals surface area contributed by atoms with Gasteiger partial charge in [0.1, 0.15) is 0 Å². The normalized spacial score (nSPS) is 10.9. The molecule has 1 aromatic carbocycles. The highest BCUT2D eigenvalue weighted by atomic mass is 32.2. The largest absolute Gasteiger partial charge is 0.446 e. The van der Waals surface area contributed by atoms with Gasteiger partial charge in [-0.05, 0) is 48.2 Å². The first-order valence-corrected chi connectivity index (χ1v) is 7.03. The van der Waals surface area contributed by atoms with E-state index >= 15 is 0 Å². The van der Waals surface area contributed by atoms with Crippen molar-refractivity contribution in [3.8, 4) is 0 Å². The van der Waals surface area contributed by atoms with Crippen LogP contribution in [0, 0.1) is 0 Å². The Morgan fingerprint density at radius 1 is 0.957 bits per heavy atom. The second-order valence-corrected chi connectivity index (χ2v) is 5.36. The standard InChI is InChI=1S/C14H10F3N3O2S/c15-14(16,17)23-11-5-3-9(4-6-11)12(21)19-20-13(22)10-2-1-7-18-8-10/h1-8H,(H,19,21)(H,20,22). The van der Waals surface area contributed by atoms with E-state index in [9.17, 15) is 22.8 Å². The van der Waals surface area contributed by atoms with Crippen LogP contribution in [0.15, 0.2) is 53.7 Å². The smallest absolute Gasteiger partial charge is 0.267 e. The Hall–Kier alpha value is -2.55. The Kier molecular flexibility index (Phi) is 5.22. The molecule has 2 N–H and O–H groups in total. The molecule has 1 aromatic heterocycles. The zero-order chi connectivity index (χ0) is 16.9. The van der Waals surface area contributed by atoms with E-state index < -0.39 is 17.3 Å². The average molecular weight is 341 g/mol. The summed E-state index contributed by atoms with van der Waals surface area (Å²) in [5.74, 6) is -1.21. The van der Waals surface area contributed by atoms with Crippen LogP contribution in [0.5, 0.6) is 0 Å². The number of nitrogens with zero attached hydrogens (tertiary/aromatic N) is 1. The van der Waals surface area contributed by atoms with Gasteiger partial charge in [0.15, 0.2) is 0 Å². The molecule has 0 saturated heterocycles. The lowest BCUT2D eigenvalue weighted by atomic mass is 10.2. The van der Waals surface area contributed by atoms with E-state index in [4.69, 9.17) is 0 Å². The number of hydrogen-bond acceptors (Lipinski definition) is 4. The first kappa shape index (κ1) is 16.8. The zero-order valence-electron chi connectivity index (χ0n) is 11.4. The quantitative estimate of drug-likeness (QED) is 0.665. The molecule has 2 amide bonds. The van der Waals surface area contributed by atoms with Crippen molar-refractivity contribution in [2.24, 2.45) is 0 Å². The van der Waals surface area contributed by atoms with Crippen molar-refractivity contribution in [1.82, 2.24) is 15.8 Å². The van der Waals surface area contributed by atoms with Crippen LogP contribution in [0.4, 0.5) is 13.2 Å². The maximum Gasteiger partial charge on any atom is 0.446 e. The van der Waals surface area contributed by atoms with Gasteiger partial charge in [0.25, 0.3) is 11.8 Å². The summed E-state index contributed by atoms with van der Waals surface area (Å²) in [5, 5.41) is 0. The van der Waals surface area contributed by atoms with Crippen LogP contribution in [0.2, 0.25) is 0 Å². The molecule has 1 heterocycles. The van der Waals surface area contributed by atoms with Crippen molar-refractivity contribution in [3.63, 3.8) is 0 Å². The Morgan fingerprint density at radius 3 is 2.09 bits per heavy atom. The van der Waals surface area contributed by atoms with Crippen molar-refractivity contribution < 1.29 is 22.8 Å². The van der Waals surface area contributed by atoms with Gasteiger partial charge < -0.3 is 0 Å². The molecule has 0 radical (unpaired) electrons. The lowest BCUT2D eigenvalue weighted by Gasteiger charge is -2.08. The molecule has 0 aliphatic carbocycles. The SMILES string of the molecule is O=C(NNC(=O)c1cccnc1)c1ccc(SC(F)(F)F)cc1. The van der Waals surface area contributed by atoms with E-state index in [1.165, 1.54) is 42.7 Å². The molecular formula is C14H10F3N3O2S. The van der Waals surface area contributed by atoms with Gasteiger partial charge in [0.2, 0.25) is 0 Å². The molecule has 0 aliphatic rings. The van der Waals surface area contributed by atoms with Crippen molar-refractivity contribution in [3.05, 3.63) is 59.9 Å². The molecule has 0 saturated carbocycles. The number of nitrogens with one attached hydrogen (secondary N) is 2. The fourth-order valence-corrected chi connectivity index (χ4v) is 2.10. The highest BCUT2D eigenvalue weighted by molar-refractivity contribution is 8.00. The number of thioether (sulfide) groups is 1. The maximum atomic E-state index is 12.2. The first-order valence-electron chi connectivity index (χ1n) is 6.22. The molecule has 0 spiro atoms. The van der Waals surface area contributed by atoms with E-state index in [2.05, 4.69) is 15.8 Å². The minimum atomic E-state index is -4.39. The van der Waals surface area contributed by atoms with Crippen LogP contribution in [0.1, 0.15) is 20.7 Å². The molecule has 23 heavy (non-hydrogen) atoms. The third-order valence-corrected chi connectivity index (χ3v) is 3.30. The number of rotatable bonds is 3. The molecule has 0 unspecified atom stereocenters. The minimum Gasteiger partial charge on any atom is -0.267 e. The average Bonchev–Trinajstić information content (AvgIpc) is 2.52. The molecule has 0 atom stereocenters. The van der Waals surface area contributed by atoms with Crippen molar-refractivity contribution >= 4 is 23.6 Å². The zero-order valence-corrected chi connectivity index (χ0v) is 12.2. The minimum absolute atomic E-state index is 0.0338. The topological polar surface area (TPSA) is 71.1 Å². The number of carbonyl (C=O) groups excluding carboxylic acids is 2. The van der Waals surface area contributed by atoms with Crippen molar-refractivity contribution in [2.75, 3.05) is 0 Å². The second kappa shape index (κ2) is 7.14. The van der Waals surface area contributed by atoms with Gasteiger partial charge in [0.05, 0.1) is 5.56 Å². The summed E-state index contributed by atoms with van der Waals surface area (Å²) in [6.45, 7) is 0. The van der Waals surface area contributed by atoms with Crippen LogP contribution in [-0.4, -0.2) is 22.3 Å². The molecular weight excluding hydrogens is 331 g/mol. The first-order chi connectivity index (χ1) is 10.8. The van der Waals surface area contributed by atoms with Crippen LogP contribution in [0.3, 0.4) is 0 Å². The van der Waals surface area contributed by atoms with Crippen LogP contribution < -0.4 is 10.9 Å². The summed E-state index contributed by atoms with van der Waals surface area (Å²) < 4.78 is 36.6. The van der Waals surface area contributed by atoms with Crippen LogP contribution in [0.25, 0.3) is 0 Å². The lowest BCUT2D eigenvalue weighted by molar-refractivity contribution is -0.0328. The Morgan fingerprint density at radius 2 is 1.57 bits per heavy atom. The van der Waals surface area contributed by atoms with Gasteiger partial charge in [-0.25, -0.2) is 0 Å². The predicted octanol–water partition coefficient (Wildman–Crippen LogP) is 2.77. The number of aromatic nitrogens is 1. The molecule has 0 aliphatic heterocycles. The predicted molar refractivity (Wildman–Crippen MR) is 77.5 cm³/mol. The summed E-state index contributed by atoms with van der Waals surface area (Å²) in [4.78, 5) is 27.2. The number of pyridine rings is 1. The number of benzene rings is 1. The fourth-order valence-electron chi connectivity index (χ4n) is 1.56. The van der Waals surface area contributed by atoms with E-state index in [-0.39, 0.29) is 27.8 Å². The van der Waals surface area contributed by atoms with Crippen molar-refractivity contribution in [1.29, 1.82) is 0 Å². The maximum absolute atomic E-state index is 12.2. The van der Waals surface area contributed by atoms with Gasteiger partial charge >= 0.3 is 5.51 Å². The summed E-state index contributed by atoms with van der Waals surface area (Å²) >= 11 is -0.272. The Labute approximate surface area is 133 Å². The van der Waals surface area contributed by atoms with Gasteiger partial charge in [-0.1, -0.05) is 0 Å². The van der Waals surface area contributed by atoms with Gasteiger partial charge in [-0.2, -0.15) is 13.2 Å². The lowest BCUT2D eigenvalue weighted by Crippen LogP contribution is -2.41. The van der Waals surface area contributed by atoms with E-state index in [0.717, 1.165) is 0 Å². The van der Waals surface area contributed by atoms with E-state index in [1.807, 2.05) is 0 Å². The van der Waals surface area contributed by atoms with Crippen molar-refractivity contribution in [2.45, 2.75) is 10.4 Å². The molecule has 0 fully saturated rings. The number of carbonyl (C=O) groups is 2. The van der Waals surface area contributed by atoms with Crippen LogP contribution in [-0.2, 0) is 0 Å². The molecule has 120 valence electrons. The van der Waals surface area contributed by atoms with Crippen LogP contribution >= 0.6 is 11.8 Å². The van der Waals surface area contributed by atoms with Gasteiger partial charge in [0, 0.05) is 22.9 Å². The summed E-state index contributed by atoms with van der Waals surface area (Å²) in [6, 6.07) is 7.90. The molecule has 9 heteroatoms. The number of alkyl halides is 3. The Balaban J connectivity index is 1.92. The van der Waals surface area contributed by atoms with Gasteiger partial charge in [-0.15, -0.1) is 0 Å². The summed E-state index contributed by atoms with van der Waals surface area (Å²) in [5.41, 5.74) is 0.337. The third-order valence-electron chi connectivity index (χ3n) is 2.56. The van der Waals surface area contributed by atoms with E-state index in [1.54, 1.807) is 6.07 Å². The molecule has 0 bridgehead atoms. The monoisotopic (exact) mass is 341 g/mol. The summed E-state index contributed by atoms with van der Waals surface area (Å²) in [6.07, 6.45) is 2.82. The Bertz CT molecular complexity index is 691. The number of hydrazine groups is 1. The molecule has 2 rings (SSSR count). The second-order valence-electron chi connectivity index (χ2n) is 4.22. The third kappa shape index (κ3) is 5.29. The van der Waals surface area contributed by atoms with E-state index in [0.29, 0.717) is 0 Å². The van der Waals surface area contributed by atoms with Gasteiger partial charge in [-0.3, -0.25) is 25.4 Å². The number of hydrogen-bond donors (Lipinski definition) is 2. The molecule has 2 aromatic rings. The molecule has 5 nitrogen and oxygen atoms in total. The highest BCUT2D eigenvalue weighted by Crippen LogP contribution is 2.36. The number of amides is 2. The highest BCUT2D eigenvalue weighted by Gasteiger charge is 2.29.